The number of ether oxygens (including phenoxy) is 1. The zero-order chi connectivity index (χ0) is 29.4. The van der Waals surface area contributed by atoms with Gasteiger partial charge in [-0.05, 0) is 132 Å². The van der Waals surface area contributed by atoms with Crippen molar-refractivity contribution in [2.75, 3.05) is 7.11 Å². The van der Waals surface area contributed by atoms with Gasteiger partial charge in [-0.2, -0.15) is 0 Å². The van der Waals surface area contributed by atoms with Crippen LogP contribution in [0.15, 0.2) is 48.5 Å². The van der Waals surface area contributed by atoms with Crippen molar-refractivity contribution >= 4 is 33.9 Å². The number of phenolic OH excluding ortho intramolecular Hbond substituents is 1. The van der Waals surface area contributed by atoms with E-state index >= 15 is 0 Å². The predicted molar refractivity (Wildman–Crippen MR) is 167 cm³/mol. The number of ketones is 2. The Labute approximate surface area is 253 Å². The number of aromatic hydroxyl groups is 1. The first-order valence-corrected chi connectivity index (χ1v) is 16.2. The number of methoxy groups -OCH3 is 1. The molecule has 5 aliphatic carbocycles. The van der Waals surface area contributed by atoms with Gasteiger partial charge in [0.2, 0.25) is 0 Å². The zero-order valence-electron chi connectivity index (χ0n) is 24.9. The molecule has 3 saturated carbocycles. The van der Waals surface area contributed by atoms with Crippen LogP contribution in [0.1, 0.15) is 92.9 Å². The Morgan fingerprint density at radius 3 is 2.50 bits per heavy atom. The lowest BCUT2D eigenvalue weighted by molar-refractivity contribution is -0.129. The van der Waals surface area contributed by atoms with Gasteiger partial charge in [0, 0.05) is 17.3 Å². The number of hydrogen-bond acceptors (Lipinski definition) is 4. The van der Waals surface area contributed by atoms with Gasteiger partial charge >= 0.3 is 0 Å². The molecule has 0 aliphatic heterocycles. The van der Waals surface area contributed by atoms with E-state index in [0.29, 0.717) is 41.0 Å². The van der Waals surface area contributed by atoms with Crippen LogP contribution in [0, 0.1) is 22.7 Å². The van der Waals surface area contributed by atoms with Crippen molar-refractivity contribution in [3.8, 4) is 11.5 Å². The summed E-state index contributed by atoms with van der Waals surface area (Å²) >= 11 is 6.33. The van der Waals surface area contributed by atoms with E-state index in [1.807, 2.05) is 12.1 Å². The first-order valence-electron chi connectivity index (χ1n) is 15.8. The molecule has 0 unspecified atom stereocenters. The summed E-state index contributed by atoms with van der Waals surface area (Å²) in [6, 6.07) is 16.4. The second-order valence-corrected chi connectivity index (χ2v) is 14.5. The minimum Gasteiger partial charge on any atom is -0.508 e. The quantitative estimate of drug-likeness (QED) is 0.292. The summed E-state index contributed by atoms with van der Waals surface area (Å²) < 4.78 is 5.37. The van der Waals surface area contributed by atoms with Crippen molar-refractivity contribution < 1.29 is 19.4 Å². The molecule has 3 aromatic rings. The number of rotatable bonds is 1. The zero-order valence-corrected chi connectivity index (χ0v) is 25.7. The number of halogens is 1. The smallest absolute Gasteiger partial charge is 0.156 e. The molecule has 3 fully saturated rings. The number of alkyl halides is 1. The highest BCUT2D eigenvalue weighted by molar-refractivity contribution is 6.32. The third kappa shape index (κ3) is 4.15. The van der Waals surface area contributed by atoms with Crippen LogP contribution in [-0.2, 0) is 22.4 Å². The van der Waals surface area contributed by atoms with Gasteiger partial charge in [0.25, 0.3) is 0 Å². The second kappa shape index (κ2) is 10.1. The number of carbonyl (C=O) groups excluding carboxylic acids is 2. The maximum atomic E-state index is 12.5. The van der Waals surface area contributed by atoms with Crippen molar-refractivity contribution in [3.05, 3.63) is 70.8 Å². The van der Waals surface area contributed by atoms with E-state index in [-0.39, 0.29) is 16.2 Å². The Balaban J connectivity index is 0.000000138. The molecule has 0 bridgehead atoms. The van der Waals surface area contributed by atoms with Crippen LogP contribution in [0.3, 0.4) is 0 Å². The molecular weight excluding hydrogens is 544 g/mol. The van der Waals surface area contributed by atoms with Gasteiger partial charge in [0.05, 0.1) is 12.5 Å². The molecule has 0 radical (unpaired) electrons. The van der Waals surface area contributed by atoms with Crippen LogP contribution < -0.4 is 4.74 Å². The standard InChI is InChI=1S/C19H23ClO2.C18H18O2/c1-19-8-7-14-13-6-4-12(22-2)9-11(13)3-5-15(14)16(19)10-17(20)18(19)21;1-18-9-8-14-13-5-3-12(19)10-11(13)2-4-15(14)16(18)6-7-17(18)20/h4,6,9,14-17H,3,5,7-8,10H2,1-2H3;2-5,10,16,19H,6-9H2,1H3/t14-,15-,16+,17-,19+;16-,18-/m10/s1. The van der Waals surface area contributed by atoms with Gasteiger partial charge < -0.3 is 9.84 Å². The molecule has 0 aromatic heterocycles. The van der Waals surface area contributed by atoms with Crippen molar-refractivity contribution in [3.63, 3.8) is 0 Å². The fraction of sp³-hybridized carbons (Fsp3) is 0.514. The molecule has 0 saturated heterocycles. The van der Waals surface area contributed by atoms with Gasteiger partial charge in [-0.15, -0.1) is 11.6 Å². The first-order chi connectivity index (χ1) is 20.1. The van der Waals surface area contributed by atoms with Crippen LogP contribution >= 0.6 is 11.6 Å². The van der Waals surface area contributed by atoms with Crippen molar-refractivity contribution in [2.45, 2.75) is 88.8 Å². The van der Waals surface area contributed by atoms with Crippen LogP contribution in [0.5, 0.6) is 11.5 Å². The maximum absolute atomic E-state index is 12.5. The summed E-state index contributed by atoms with van der Waals surface area (Å²) in [5.41, 5.74) is 5.37. The Kier molecular flexibility index (Phi) is 6.73. The third-order valence-corrected chi connectivity index (χ3v) is 12.5. The molecule has 220 valence electrons. The first kappa shape index (κ1) is 28.0. The summed E-state index contributed by atoms with van der Waals surface area (Å²) in [6.45, 7) is 4.32. The van der Waals surface area contributed by atoms with Crippen LogP contribution in [0.2, 0.25) is 0 Å². The molecule has 0 heterocycles. The van der Waals surface area contributed by atoms with Gasteiger partial charge in [0.1, 0.15) is 17.3 Å². The number of fused-ring (bicyclic) bond motifs is 10. The van der Waals surface area contributed by atoms with Crippen LogP contribution in [0.4, 0.5) is 0 Å². The molecule has 3 aromatic carbocycles. The van der Waals surface area contributed by atoms with Crippen molar-refractivity contribution in [1.29, 1.82) is 0 Å². The fourth-order valence-electron chi connectivity index (χ4n) is 9.71. The van der Waals surface area contributed by atoms with E-state index < -0.39 is 0 Å². The largest absolute Gasteiger partial charge is 0.508 e. The van der Waals surface area contributed by atoms with Gasteiger partial charge in [-0.1, -0.05) is 38.1 Å². The van der Waals surface area contributed by atoms with Gasteiger partial charge in [-0.3, -0.25) is 9.59 Å². The summed E-state index contributed by atoms with van der Waals surface area (Å²) in [5, 5.41) is 11.7. The lowest BCUT2D eigenvalue weighted by Gasteiger charge is -2.48. The average molecular weight is 585 g/mol. The van der Waals surface area contributed by atoms with Crippen molar-refractivity contribution in [1.82, 2.24) is 0 Å². The third-order valence-electron chi connectivity index (χ3n) is 12.1. The summed E-state index contributed by atoms with van der Waals surface area (Å²) in [4.78, 5) is 24.7. The topological polar surface area (TPSA) is 63.6 Å². The van der Waals surface area contributed by atoms with E-state index in [1.54, 1.807) is 13.2 Å². The highest BCUT2D eigenvalue weighted by atomic mass is 35.5. The SMILES string of the molecule is COc1ccc2c(c1)CC[C@@H]1[C@@H]2CC[C@]2(C)C(=O)[C@H](Cl)C[C@@H]12.C[C@]12CCc3c(ccc4cc(O)ccc34)[C@@H]1CCC2=O. The Hall–Kier alpha value is -2.85. The predicted octanol–water partition coefficient (Wildman–Crippen LogP) is 8.28. The molecule has 42 heavy (non-hydrogen) atoms. The van der Waals surface area contributed by atoms with Gasteiger partial charge in [-0.25, -0.2) is 0 Å². The molecule has 8 rings (SSSR count). The molecule has 5 heteroatoms. The second-order valence-electron chi connectivity index (χ2n) is 14.0. The van der Waals surface area contributed by atoms with E-state index in [2.05, 4.69) is 44.2 Å². The normalized spacial score (nSPS) is 34.4. The fourth-order valence-corrected chi connectivity index (χ4v) is 10.2. The lowest BCUT2D eigenvalue weighted by Crippen LogP contribution is -2.42. The Morgan fingerprint density at radius 1 is 0.881 bits per heavy atom. The van der Waals surface area contributed by atoms with E-state index in [4.69, 9.17) is 16.3 Å². The summed E-state index contributed by atoms with van der Waals surface area (Å²) in [5.74, 6) is 4.09. The van der Waals surface area contributed by atoms with Crippen LogP contribution in [0.25, 0.3) is 10.8 Å². The molecule has 7 atom stereocenters. The van der Waals surface area contributed by atoms with Gasteiger partial charge in [0.15, 0.2) is 5.78 Å². The van der Waals surface area contributed by atoms with E-state index in [9.17, 15) is 14.7 Å². The number of carbonyl (C=O) groups is 2. The minimum absolute atomic E-state index is 0.141. The molecular formula is C37H41ClO4. The number of Topliss-reactive ketones (excluding diaryl/α,β-unsaturated/α-hetero) is 2. The Morgan fingerprint density at radius 2 is 1.69 bits per heavy atom. The summed E-state index contributed by atoms with van der Waals surface area (Å²) in [6.07, 6.45) is 8.92. The molecule has 5 aliphatic rings. The minimum atomic E-state index is -0.258. The number of aryl methyl sites for hydroxylation is 2. The van der Waals surface area contributed by atoms with E-state index in [1.165, 1.54) is 34.1 Å². The number of hydrogen-bond donors (Lipinski definition) is 1. The van der Waals surface area contributed by atoms with Crippen LogP contribution in [-0.4, -0.2) is 29.2 Å². The molecule has 0 amide bonds. The maximum Gasteiger partial charge on any atom is 0.156 e. The Bertz CT molecular complexity index is 1590. The monoisotopic (exact) mass is 584 g/mol. The number of phenols is 1. The number of benzene rings is 3. The average Bonchev–Trinajstić information content (AvgIpc) is 3.43. The molecule has 0 spiro atoms. The highest BCUT2D eigenvalue weighted by Gasteiger charge is 2.57. The highest BCUT2D eigenvalue weighted by Crippen LogP contribution is 2.60. The summed E-state index contributed by atoms with van der Waals surface area (Å²) in [7, 11) is 1.73. The van der Waals surface area contributed by atoms with Crippen molar-refractivity contribution in [2.24, 2.45) is 22.7 Å². The van der Waals surface area contributed by atoms with E-state index in [0.717, 1.165) is 62.5 Å². The molecule has 4 nitrogen and oxygen atoms in total. The molecule has 1 N–H and O–H groups in total. The lowest BCUT2D eigenvalue weighted by atomic mass is 9.55.